The molecule has 0 radical (unpaired) electrons. The lowest BCUT2D eigenvalue weighted by atomic mass is 9.97. The Labute approximate surface area is 185 Å². The maximum atomic E-state index is 11.7. The summed E-state index contributed by atoms with van der Waals surface area (Å²) in [5.74, 6) is 0.846. The standard InChI is InChI=1S/C21H30N4O2.HI/c1-3-22-21(25-13-9-18(10-14-25)20(26)27-2)23-16-17-7-6-8-19(15-17)24-11-4-5-12-24;/h4-8,15,18H,3,9-14,16H2,1-2H3,(H,22,23);1H. The molecule has 0 atom stereocenters. The molecule has 0 amide bonds. The summed E-state index contributed by atoms with van der Waals surface area (Å²) in [6.07, 6.45) is 6.03. The largest absolute Gasteiger partial charge is 0.469 e. The molecular weight excluding hydrogens is 467 g/mol. The average molecular weight is 498 g/mol. The van der Waals surface area contributed by atoms with Crippen molar-refractivity contribution in [3.63, 3.8) is 0 Å². The number of hydrogen-bond donors (Lipinski definition) is 1. The average Bonchev–Trinajstić information content (AvgIpc) is 3.26. The van der Waals surface area contributed by atoms with Crippen molar-refractivity contribution < 1.29 is 9.53 Å². The van der Waals surface area contributed by atoms with Gasteiger partial charge in [0.25, 0.3) is 0 Å². The molecule has 7 heteroatoms. The molecule has 0 saturated carbocycles. The molecule has 2 heterocycles. The summed E-state index contributed by atoms with van der Waals surface area (Å²) in [6, 6.07) is 8.61. The summed E-state index contributed by atoms with van der Waals surface area (Å²) in [6.45, 7) is 7.16. The lowest BCUT2D eigenvalue weighted by Gasteiger charge is -2.33. The lowest BCUT2D eigenvalue weighted by molar-refractivity contribution is -0.146. The number of carbonyl (C=O) groups excluding carboxylic acids is 1. The SMILES string of the molecule is CCNC(=NCc1cccc(N2CC=CC2)c1)N1CCC(C(=O)OC)CC1.I. The number of aliphatic imine (C=N–C) groups is 1. The van der Waals surface area contributed by atoms with Crippen LogP contribution in [0.4, 0.5) is 5.69 Å². The van der Waals surface area contributed by atoms with E-state index in [4.69, 9.17) is 9.73 Å². The van der Waals surface area contributed by atoms with Crippen molar-refractivity contribution in [3.8, 4) is 0 Å². The number of guanidine groups is 1. The summed E-state index contributed by atoms with van der Waals surface area (Å²) < 4.78 is 4.88. The first-order valence-corrected chi connectivity index (χ1v) is 9.81. The van der Waals surface area contributed by atoms with E-state index in [0.29, 0.717) is 6.54 Å². The van der Waals surface area contributed by atoms with Gasteiger partial charge in [-0.05, 0) is 37.5 Å². The van der Waals surface area contributed by atoms with E-state index in [1.54, 1.807) is 0 Å². The summed E-state index contributed by atoms with van der Waals surface area (Å²) in [4.78, 5) is 21.2. The first-order valence-electron chi connectivity index (χ1n) is 9.81. The monoisotopic (exact) mass is 498 g/mol. The van der Waals surface area contributed by atoms with Gasteiger partial charge in [-0.3, -0.25) is 4.79 Å². The van der Waals surface area contributed by atoms with Crippen LogP contribution in [0, 0.1) is 5.92 Å². The Balaban J connectivity index is 0.00000280. The highest BCUT2D eigenvalue weighted by Crippen LogP contribution is 2.20. The minimum Gasteiger partial charge on any atom is -0.469 e. The number of nitrogens with one attached hydrogen (secondary N) is 1. The number of methoxy groups -OCH3 is 1. The van der Waals surface area contributed by atoms with Crippen LogP contribution in [0.25, 0.3) is 0 Å². The quantitative estimate of drug-likeness (QED) is 0.223. The number of benzene rings is 1. The summed E-state index contributed by atoms with van der Waals surface area (Å²) in [7, 11) is 1.46. The van der Waals surface area contributed by atoms with Crippen molar-refractivity contribution in [2.24, 2.45) is 10.9 Å². The van der Waals surface area contributed by atoms with Gasteiger partial charge in [-0.15, -0.1) is 24.0 Å². The van der Waals surface area contributed by atoms with Crippen molar-refractivity contribution in [2.45, 2.75) is 26.3 Å². The highest BCUT2D eigenvalue weighted by Gasteiger charge is 2.26. The fourth-order valence-electron chi connectivity index (χ4n) is 3.63. The Morgan fingerprint density at radius 3 is 2.61 bits per heavy atom. The van der Waals surface area contributed by atoms with Gasteiger partial charge in [0.05, 0.1) is 19.6 Å². The zero-order valence-electron chi connectivity index (χ0n) is 16.8. The number of halogens is 1. The van der Waals surface area contributed by atoms with Gasteiger partial charge in [0, 0.05) is 38.4 Å². The minimum atomic E-state index is -0.0928. The van der Waals surface area contributed by atoms with E-state index in [-0.39, 0.29) is 35.9 Å². The molecule has 1 aromatic carbocycles. The number of piperidine rings is 1. The molecule has 1 N–H and O–H groups in total. The van der Waals surface area contributed by atoms with E-state index in [2.05, 4.69) is 58.5 Å². The third-order valence-corrected chi connectivity index (χ3v) is 5.17. The molecule has 1 aromatic rings. The molecule has 0 spiro atoms. The second kappa shape index (κ2) is 11.3. The Morgan fingerprint density at radius 1 is 1.25 bits per heavy atom. The molecule has 0 unspecified atom stereocenters. The van der Waals surface area contributed by atoms with E-state index in [1.165, 1.54) is 18.4 Å². The number of esters is 1. The van der Waals surface area contributed by atoms with Crippen LogP contribution in [0.2, 0.25) is 0 Å². The van der Waals surface area contributed by atoms with Crippen molar-refractivity contribution in [1.29, 1.82) is 0 Å². The molecule has 3 rings (SSSR count). The zero-order chi connectivity index (χ0) is 19.1. The fraction of sp³-hybridized carbons (Fsp3) is 0.524. The highest BCUT2D eigenvalue weighted by atomic mass is 127. The molecule has 28 heavy (non-hydrogen) atoms. The normalized spacial score (nSPS) is 17.4. The van der Waals surface area contributed by atoms with Gasteiger partial charge < -0.3 is 19.9 Å². The molecule has 0 bridgehead atoms. The van der Waals surface area contributed by atoms with Crippen LogP contribution >= 0.6 is 24.0 Å². The predicted octanol–water partition coefficient (Wildman–Crippen LogP) is 3.03. The Bertz CT molecular complexity index is 691. The molecule has 6 nitrogen and oxygen atoms in total. The Hall–Kier alpha value is -1.77. The topological polar surface area (TPSA) is 57.2 Å². The molecule has 2 aliphatic rings. The second-order valence-corrected chi connectivity index (χ2v) is 7.00. The van der Waals surface area contributed by atoms with Crippen LogP contribution in [0.5, 0.6) is 0 Å². The maximum absolute atomic E-state index is 11.7. The molecule has 2 aliphatic heterocycles. The number of anilines is 1. The van der Waals surface area contributed by atoms with Gasteiger partial charge in [-0.1, -0.05) is 24.3 Å². The highest BCUT2D eigenvalue weighted by molar-refractivity contribution is 14.0. The number of carbonyl (C=O) groups is 1. The number of rotatable bonds is 5. The van der Waals surface area contributed by atoms with Gasteiger partial charge in [0.2, 0.25) is 0 Å². The van der Waals surface area contributed by atoms with E-state index in [1.807, 2.05) is 0 Å². The van der Waals surface area contributed by atoms with Gasteiger partial charge in [0.1, 0.15) is 0 Å². The molecule has 1 fully saturated rings. The lowest BCUT2D eigenvalue weighted by Crippen LogP contribution is -2.46. The number of likely N-dealkylation sites (tertiary alicyclic amines) is 1. The van der Waals surface area contributed by atoms with Gasteiger partial charge in [-0.2, -0.15) is 0 Å². The van der Waals surface area contributed by atoms with Crippen molar-refractivity contribution >= 4 is 41.6 Å². The zero-order valence-corrected chi connectivity index (χ0v) is 19.1. The van der Waals surface area contributed by atoms with Crippen LogP contribution < -0.4 is 10.2 Å². The summed E-state index contributed by atoms with van der Waals surface area (Å²) in [5.41, 5.74) is 2.45. The number of hydrogen-bond acceptors (Lipinski definition) is 4. The van der Waals surface area contributed by atoms with Crippen LogP contribution in [-0.2, 0) is 16.1 Å². The van der Waals surface area contributed by atoms with Crippen LogP contribution in [-0.4, -0.2) is 56.7 Å². The first kappa shape index (κ1) is 22.5. The third-order valence-electron chi connectivity index (χ3n) is 5.17. The van der Waals surface area contributed by atoms with Crippen molar-refractivity contribution in [3.05, 3.63) is 42.0 Å². The molecule has 0 aromatic heterocycles. The van der Waals surface area contributed by atoms with Crippen LogP contribution in [0.1, 0.15) is 25.3 Å². The third kappa shape index (κ3) is 5.86. The van der Waals surface area contributed by atoms with Crippen LogP contribution in [0.3, 0.4) is 0 Å². The molecule has 154 valence electrons. The number of ether oxygens (including phenoxy) is 1. The smallest absolute Gasteiger partial charge is 0.308 e. The molecule has 0 aliphatic carbocycles. The van der Waals surface area contributed by atoms with Gasteiger partial charge in [0.15, 0.2) is 5.96 Å². The van der Waals surface area contributed by atoms with Gasteiger partial charge in [-0.25, -0.2) is 4.99 Å². The predicted molar refractivity (Wildman–Crippen MR) is 124 cm³/mol. The first-order chi connectivity index (χ1) is 13.2. The Kier molecular flexibility index (Phi) is 9.08. The fourth-order valence-corrected chi connectivity index (χ4v) is 3.63. The maximum Gasteiger partial charge on any atom is 0.308 e. The second-order valence-electron chi connectivity index (χ2n) is 7.00. The molecule has 1 saturated heterocycles. The number of nitrogens with zero attached hydrogens (tertiary/aromatic N) is 3. The van der Waals surface area contributed by atoms with E-state index in [9.17, 15) is 4.79 Å². The van der Waals surface area contributed by atoms with Crippen molar-refractivity contribution in [2.75, 3.05) is 44.7 Å². The summed E-state index contributed by atoms with van der Waals surface area (Å²) in [5, 5.41) is 3.39. The van der Waals surface area contributed by atoms with E-state index >= 15 is 0 Å². The van der Waals surface area contributed by atoms with E-state index < -0.39 is 0 Å². The minimum absolute atomic E-state index is 0. The van der Waals surface area contributed by atoms with Crippen LogP contribution in [0.15, 0.2) is 41.4 Å². The van der Waals surface area contributed by atoms with Crippen molar-refractivity contribution in [1.82, 2.24) is 10.2 Å². The summed E-state index contributed by atoms with van der Waals surface area (Å²) >= 11 is 0. The Morgan fingerprint density at radius 2 is 1.96 bits per heavy atom. The molecular formula is C21H31IN4O2. The van der Waals surface area contributed by atoms with E-state index in [0.717, 1.165) is 51.5 Å². The van der Waals surface area contributed by atoms with Gasteiger partial charge >= 0.3 is 5.97 Å².